The Hall–Kier alpha value is -1.37. The van der Waals surface area contributed by atoms with Gasteiger partial charge in [0.25, 0.3) is 5.92 Å². The Balaban J connectivity index is 2.09. The number of allylic oxidation sites excluding steroid dienone is 1. The van der Waals surface area contributed by atoms with Crippen LogP contribution in [0.1, 0.15) is 50.8 Å². The van der Waals surface area contributed by atoms with Crippen LogP contribution in [0.5, 0.6) is 0 Å². The largest absolute Gasteiger partial charge is 0.326 e. The van der Waals surface area contributed by atoms with Gasteiger partial charge in [-0.25, -0.2) is 13.4 Å². The van der Waals surface area contributed by atoms with Crippen molar-refractivity contribution in [1.29, 1.82) is 0 Å². The molecule has 0 saturated heterocycles. The van der Waals surface area contributed by atoms with Gasteiger partial charge in [0.15, 0.2) is 15.7 Å². The molecule has 1 unspecified atom stereocenters. The third-order valence-corrected chi connectivity index (χ3v) is 7.71. The Morgan fingerprint density at radius 3 is 2.50 bits per heavy atom. The summed E-state index contributed by atoms with van der Waals surface area (Å²) in [7, 11) is 0.153. The molecule has 0 aromatic carbocycles. The van der Waals surface area contributed by atoms with Gasteiger partial charge in [-0.3, -0.25) is 4.98 Å². The number of alkyl halides is 2. The minimum atomic E-state index is -3.56. The van der Waals surface area contributed by atoms with Crippen LogP contribution in [0.25, 0.3) is 17.6 Å². The van der Waals surface area contributed by atoms with Crippen molar-refractivity contribution in [2.45, 2.75) is 55.5 Å². The molecule has 0 spiro atoms. The van der Waals surface area contributed by atoms with Crippen LogP contribution in [-0.2, 0) is 16.9 Å². The zero-order valence-corrected chi connectivity index (χ0v) is 20.0. The molecule has 0 N–H and O–H groups in total. The van der Waals surface area contributed by atoms with Gasteiger partial charge < -0.3 is 4.57 Å². The highest BCUT2D eigenvalue weighted by Crippen LogP contribution is 2.44. The summed E-state index contributed by atoms with van der Waals surface area (Å²) < 4.78 is 56.0. The fourth-order valence-corrected chi connectivity index (χ4v) is 4.63. The summed E-state index contributed by atoms with van der Waals surface area (Å²) in [6.07, 6.45) is 6.23. The monoisotopic (exact) mass is 475 g/mol. The molecule has 0 bridgehead atoms. The van der Waals surface area contributed by atoms with Crippen LogP contribution >= 0.6 is 20.8 Å². The number of nitrogens with zero attached hydrogens (tertiary/aromatic N) is 3. The van der Waals surface area contributed by atoms with E-state index in [1.54, 1.807) is 26.2 Å². The van der Waals surface area contributed by atoms with E-state index in [-0.39, 0.29) is 22.2 Å². The Morgan fingerprint density at radius 1 is 1.33 bits per heavy atom. The van der Waals surface area contributed by atoms with E-state index in [0.717, 1.165) is 24.5 Å². The summed E-state index contributed by atoms with van der Waals surface area (Å²) >= 11 is 5.95. The summed E-state index contributed by atoms with van der Waals surface area (Å²) in [5, 5.41) is -2.07. The molecule has 1 atom stereocenters. The van der Waals surface area contributed by atoms with Crippen molar-refractivity contribution in [2.75, 3.05) is 5.75 Å². The van der Waals surface area contributed by atoms with E-state index in [4.69, 9.17) is 11.6 Å². The highest BCUT2D eigenvalue weighted by atomic mass is 35.5. The van der Waals surface area contributed by atoms with Crippen LogP contribution in [0.15, 0.2) is 28.4 Å². The molecule has 30 heavy (non-hydrogen) atoms. The molecule has 0 amide bonds. The number of aromatic nitrogens is 3. The average molecular weight is 476 g/mol. The molecular weight excluding hydrogens is 451 g/mol. The molecule has 3 rings (SSSR count). The van der Waals surface area contributed by atoms with Crippen LogP contribution in [0.3, 0.4) is 0 Å². The predicted molar refractivity (Wildman–Crippen MR) is 119 cm³/mol. The maximum Gasteiger partial charge on any atom is 0.291 e. The fraction of sp³-hybridized carbons (Fsp3) is 0.500. The normalized spacial score (nSPS) is 16.2. The number of pyridine rings is 1. The highest BCUT2D eigenvalue weighted by Gasteiger charge is 2.46. The van der Waals surface area contributed by atoms with Crippen LogP contribution in [0.2, 0.25) is 0 Å². The van der Waals surface area contributed by atoms with E-state index < -0.39 is 25.9 Å². The van der Waals surface area contributed by atoms with Gasteiger partial charge in [0.2, 0.25) is 0 Å². The predicted octanol–water partition coefficient (Wildman–Crippen LogP) is 5.02. The summed E-state index contributed by atoms with van der Waals surface area (Å²) in [5.74, 6) is -2.74. The second-order valence-electron chi connectivity index (χ2n) is 8.15. The van der Waals surface area contributed by atoms with Crippen molar-refractivity contribution < 1.29 is 17.2 Å². The number of sulfone groups is 1. The number of hydrogen-bond acceptors (Lipinski definition) is 4. The Labute approximate surface area is 183 Å². The van der Waals surface area contributed by atoms with Gasteiger partial charge in [0.1, 0.15) is 5.69 Å². The first kappa shape index (κ1) is 23.3. The van der Waals surface area contributed by atoms with Crippen LogP contribution in [0, 0.1) is 0 Å². The average Bonchev–Trinajstić information content (AvgIpc) is 3.45. The van der Waals surface area contributed by atoms with Crippen LogP contribution in [-0.4, -0.2) is 39.8 Å². The molecule has 0 radical (unpaired) electrons. The summed E-state index contributed by atoms with van der Waals surface area (Å²) in [6.45, 7) is 4.31. The van der Waals surface area contributed by atoms with E-state index in [2.05, 4.69) is 19.2 Å². The van der Waals surface area contributed by atoms with Gasteiger partial charge in [-0.1, -0.05) is 32.4 Å². The molecule has 2 heterocycles. The molecule has 2 aromatic rings. The molecule has 1 aliphatic rings. The maximum atomic E-state index is 14.5. The Kier molecular flexibility index (Phi) is 6.18. The molecule has 1 fully saturated rings. The molecule has 10 heteroatoms. The van der Waals surface area contributed by atoms with Gasteiger partial charge in [-0.15, -0.1) is 9.24 Å². The molecule has 2 aromatic heterocycles. The second kappa shape index (κ2) is 7.95. The minimum absolute atomic E-state index is 0.0751. The third kappa shape index (κ3) is 4.32. The number of hydrogen-bond donors (Lipinski definition) is 0. The van der Waals surface area contributed by atoms with Gasteiger partial charge in [0, 0.05) is 18.4 Å². The molecule has 1 aliphatic carbocycles. The number of halogens is 3. The van der Waals surface area contributed by atoms with Gasteiger partial charge in [-0.2, -0.15) is 8.78 Å². The topological polar surface area (TPSA) is 64.8 Å². The van der Waals surface area contributed by atoms with Crippen molar-refractivity contribution in [3.63, 3.8) is 0 Å². The fourth-order valence-electron chi connectivity index (χ4n) is 2.97. The Bertz CT molecular complexity index is 1100. The van der Waals surface area contributed by atoms with E-state index in [1.165, 1.54) is 24.6 Å². The van der Waals surface area contributed by atoms with Gasteiger partial charge in [0.05, 0.1) is 27.6 Å². The summed E-state index contributed by atoms with van der Waals surface area (Å²) in [6, 6.07) is 1.67. The van der Waals surface area contributed by atoms with Crippen molar-refractivity contribution in [2.24, 2.45) is 7.05 Å². The highest BCUT2D eigenvalue weighted by molar-refractivity contribution is 7.91. The minimum Gasteiger partial charge on any atom is -0.326 e. The lowest BCUT2D eigenvalue weighted by Crippen LogP contribution is -2.37. The van der Waals surface area contributed by atoms with E-state index in [1.807, 2.05) is 0 Å². The smallest absolute Gasteiger partial charge is 0.291 e. The van der Waals surface area contributed by atoms with E-state index >= 15 is 0 Å². The molecular formula is C20H25ClF2N3O2PS. The zero-order chi connectivity index (χ0) is 22.5. The lowest BCUT2D eigenvalue weighted by atomic mass is 10.0. The van der Waals surface area contributed by atoms with E-state index in [0.29, 0.717) is 11.6 Å². The summed E-state index contributed by atoms with van der Waals surface area (Å²) in [4.78, 5) is 8.77. The molecule has 164 valence electrons. The van der Waals surface area contributed by atoms with Crippen molar-refractivity contribution >= 4 is 36.8 Å². The molecule has 0 aliphatic heterocycles. The molecule has 5 nitrogen and oxygen atoms in total. The quantitative estimate of drug-likeness (QED) is 0.527. The first-order chi connectivity index (χ1) is 13.8. The second-order valence-corrected chi connectivity index (χ2v) is 12.2. The zero-order valence-electron chi connectivity index (χ0n) is 17.3. The Morgan fingerprint density at radius 2 is 1.97 bits per heavy atom. The van der Waals surface area contributed by atoms with Crippen LogP contribution in [0.4, 0.5) is 8.78 Å². The summed E-state index contributed by atoms with van der Waals surface area (Å²) in [5.41, 5.74) is 1.42. The third-order valence-electron chi connectivity index (χ3n) is 5.26. The SMILES string of the molecule is CCS(=O)(=O)c1cc(C2CC2)cnc1-c1ncc(/C=C(\Cl)C(F)(F)C(C)(C)P)n1C. The standard InChI is InChI=1S/C20H25ClF2N3O2PS/c1-5-30(27,28)15-8-13(12-6-7-12)10-24-17(15)18-25-11-14(26(18)4)9-16(21)20(22,23)19(2,3)29/h8-12H,5-7,29H2,1-4H3/b16-9-. The lowest BCUT2D eigenvalue weighted by molar-refractivity contribution is 0.0187. The first-order valence-electron chi connectivity index (χ1n) is 9.58. The van der Waals surface area contributed by atoms with E-state index in [9.17, 15) is 17.2 Å². The van der Waals surface area contributed by atoms with Gasteiger partial charge >= 0.3 is 0 Å². The van der Waals surface area contributed by atoms with Gasteiger partial charge in [-0.05, 0) is 36.5 Å². The van der Waals surface area contributed by atoms with Crippen molar-refractivity contribution in [3.05, 3.63) is 34.7 Å². The maximum absolute atomic E-state index is 14.5. The van der Waals surface area contributed by atoms with Crippen LogP contribution < -0.4 is 0 Å². The van der Waals surface area contributed by atoms with Crippen molar-refractivity contribution in [3.8, 4) is 11.5 Å². The number of rotatable bonds is 7. The first-order valence-corrected chi connectivity index (χ1v) is 12.2. The number of imidazole rings is 1. The lowest BCUT2D eigenvalue weighted by Gasteiger charge is -2.29. The van der Waals surface area contributed by atoms with Crippen molar-refractivity contribution in [1.82, 2.24) is 14.5 Å². The molecule has 1 saturated carbocycles.